The van der Waals surface area contributed by atoms with E-state index in [-0.39, 0.29) is 0 Å². The van der Waals surface area contributed by atoms with Crippen molar-refractivity contribution in [3.8, 4) is 11.3 Å². The van der Waals surface area contributed by atoms with Crippen LogP contribution in [-0.4, -0.2) is 14.6 Å². The Morgan fingerprint density at radius 3 is 2.88 bits per heavy atom. The van der Waals surface area contributed by atoms with Gasteiger partial charge in [-0.25, -0.2) is 4.52 Å². The van der Waals surface area contributed by atoms with Gasteiger partial charge in [-0.1, -0.05) is 6.07 Å². The summed E-state index contributed by atoms with van der Waals surface area (Å²) in [7, 11) is 0. The van der Waals surface area contributed by atoms with E-state index >= 15 is 0 Å². The Kier molecular flexibility index (Phi) is 2.22. The van der Waals surface area contributed by atoms with Gasteiger partial charge in [0.05, 0.1) is 11.2 Å². The smallest absolute Gasteiger partial charge is 0.129 e. The van der Waals surface area contributed by atoms with Crippen LogP contribution >= 0.6 is 15.9 Å². The van der Waals surface area contributed by atoms with Gasteiger partial charge in [0.2, 0.25) is 0 Å². The molecule has 0 aliphatic carbocycles. The molecule has 0 aromatic carbocycles. The Morgan fingerprint density at radius 1 is 1.12 bits per heavy atom. The van der Waals surface area contributed by atoms with Crippen LogP contribution in [0.25, 0.3) is 16.8 Å². The maximum Gasteiger partial charge on any atom is 0.129 e. The molecule has 3 nitrogen and oxygen atoms in total. The standard InChI is InChI=1S/C12H8BrN3/c13-12-7-10-5-4-9(8-16(10)15-12)11-3-1-2-6-14-11/h1-8H. The number of pyridine rings is 2. The normalized spacial score (nSPS) is 10.8. The van der Waals surface area contributed by atoms with Crippen molar-refractivity contribution >= 4 is 21.4 Å². The molecule has 0 saturated heterocycles. The monoisotopic (exact) mass is 273 g/mol. The van der Waals surface area contributed by atoms with Gasteiger partial charge >= 0.3 is 0 Å². The van der Waals surface area contributed by atoms with Crippen LogP contribution in [0, 0.1) is 0 Å². The van der Waals surface area contributed by atoms with Crippen molar-refractivity contribution in [2.24, 2.45) is 0 Å². The first-order valence-corrected chi connectivity index (χ1v) is 5.68. The van der Waals surface area contributed by atoms with Crippen LogP contribution in [0.1, 0.15) is 0 Å². The molecule has 3 heterocycles. The van der Waals surface area contributed by atoms with Gasteiger partial charge in [0.25, 0.3) is 0 Å². The second-order valence-corrected chi connectivity index (χ2v) is 4.28. The summed E-state index contributed by atoms with van der Waals surface area (Å²) in [4.78, 5) is 4.31. The fourth-order valence-electron chi connectivity index (χ4n) is 1.64. The zero-order chi connectivity index (χ0) is 11.0. The highest BCUT2D eigenvalue weighted by Crippen LogP contribution is 2.19. The molecular formula is C12H8BrN3. The van der Waals surface area contributed by atoms with Gasteiger partial charge in [0.15, 0.2) is 0 Å². The second kappa shape index (κ2) is 3.72. The highest BCUT2D eigenvalue weighted by molar-refractivity contribution is 9.10. The van der Waals surface area contributed by atoms with Crippen LogP contribution in [0.5, 0.6) is 0 Å². The summed E-state index contributed by atoms with van der Waals surface area (Å²) in [5.74, 6) is 0. The number of fused-ring (bicyclic) bond motifs is 1. The van der Waals surface area contributed by atoms with Crippen LogP contribution in [-0.2, 0) is 0 Å². The highest BCUT2D eigenvalue weighted by Gasteiger charge is 2.02. The molecule has 0 fully saturated rings. The topological polar surface area (TPSA) is 30.2 Å². The van der Waals surface area contributed by atoms with E-state index in [4.69, 9.17) is 0 Å². The lowest BCUT2D eigenvalue weighted by Gasteiger charge is -2.00. The van der Waals surface area contributed by atoms with E-state index in [1.54, 1.807) is 6.20 Å². The van der Waals surface area contributed by atoms with Gasteiger partial charge in [-0.05, 0) is 46.3 Å². The minimum absolute atomic E-state index is 0.839. The van der Waals surface area contributed by atoms with Gasteiger partial charge < -0.3 is 0 Å². The largest absolute Gasteiger partial charge is 0.256 e. The van der Waals surface area contributed by atoms with Crippen molar-refractivity contribution in [3.63, 3.8) is 0 Å². The number of rotatable bonds is 1. The van der Waals surface area contributed by atoms with E-state index < -0.39 is 0 Å². The van der Waals surface area contributed by atoms with Crippen molar-refractivity contribution in [3.05, 3.63) is 53.4 Å². The first kappa shape index (κ1) is 9.54. The summed E-state index contributed by atoms with van der Waals surface area (Å²) in [5.41, 5.74) is 3.08. The van der Waals surface area contributed by atoms with E-state index in [9.17, 15) is 0 Å². The average molecular weight is 274 g/mol. The lowest BCUT2D eigenvalue weighted by molar-refractivity contribution is 0.947. The Balaban J connectivity index is 2.18. The molecule has 3 rings (SSSR count). The third kappa shape index (κ3) is 1.61. The molecule has 0 N–H and O–H groups in total. The maximum absolute atomic E-state index is 4.31. The quantitative estimate of drug-likeness (QED) is 0.682. The number of hydrogen-bond donors (Lipinski definition) is 0. The van der Waals surface area contributed by atoms with E-state index in [1.807, 2.05) is 47.1 Å². The van der Waals surface area contributed by atoms with Gasteiger partial charge in [-0.15, -0.1) is 0 Å². The van der Waals surface area contributed by atoms with Crippen LogP contribution in [0.15, 0.2) is 53.4 Å². The molecule has 0 amide bonds. The van der Waals surface area contributed by atoms with E-state index in [2.05, 4.69) is 26.0 Å². The summed E-state index contributed by atoms with van der Waals surface area (Å²) in [5, 5.41) is 4.30. The van der Waals surface area contributed by atoms with Crippen LogP contribution in [0.4, 0.5) is 0 Å². The molecule has 0 radical (unpaired) electrons. The predicted octanol–water partition coefficient (Wildman–Crippen LogP) is 3.16. The first-order chi connectivity index (χ1) is 7.83. The van der Waals surface area contributed by atoms with Crippen molar-refractivity contribution in [1.29, 1.82) is 0 Å². The SMILES string of the molecule is Brc1cc2ccc(-c3ccccn3)cn2n1. The van der Waals surface area contributed by atoms with Crippen molar-refractivity contribution in [2.75, 3.05) is 0 Å². The van der Waals surface area contributed by atoms with Crippen LogP contribution in [0.3, 0.4) is 0 Å². The van der Waals surface area contributed by atoms with Crippen molar-refractivity contribution < 1.29 is 0 Å². The molecule has 0 atom stereocenters. The summed E-state index contributed by atoms with van der Waals surface area (Å²) >= 11 is 3.36. The van der Waals surface area contributed by atoms with Gasteiger partial charge in [0.1, 0.15) is 4.60 Å². The molecule has 0 bridgehead atoms. The van der Waals surface area contributed by atoms with Gasteiger partial charge in [-0.2, -0.15) is 5.10 Å². The Hall–Kier alpha value is -1.68. The van der Waals surface area contributed by atoms with E-state index in [0.29, 0.717) is 0 Å². The lowest BCUT2D eigenvalue weighted by atomic mass is 10.2. The summed E-state index contributed by atoms with van der Waals surface area (Å²) in [6.07, 6.45) is 3.76. The third-order valence-electron chi connectivity index (χ3n) is 2.39. The Bertz CT molecular complexity index is 631. The average Bonchev–Trinajstić information content (AvgIpc) is 2.69. The number of hydrogen-bond acceptors (Lipinski definition) is 2. The molecule has 0 aliphatic rings. The van der Waals surface area contributed by atoms with Crippen molar-refractivity contribution in [1.82, 2.24) is 14.6 Å². The first-order valence-electron chi connectivity index (χ1n) is 4.89. The number of nitrogens with zero attached hydrogens (tertiary/aromatic N) is 3. The third-order valence-corrected chi connectivity index (χ3v) is 2.78. The Labute approximate surface area is 101 Å². The minimum Gasteiger partial charge on any atom is -0.256 e. The van der Waals surface area contributed by atoms with Gasteiger partial charge in [-0.3, -0.25) is 4.98 Å². The molecule has 16 heavy (non-hydrogen) atoms. The number of halogens is 1. The van der Waals surface area contributed by atoms with E-state index in [1.165, 1.54) is 0 Å². The summed E-state index contributed by atoms with van der Waals surface area (Å²) in [6.45, 7) is 0. The summed E-state index contributed by atoms with van der Waals surface area (Å²) < 4.78 is 2.68. The molecule has 78 valence electrons. The molecule has 3 aromatic rings. The summed E-state index contributed by atoms with van der Waals surface area (Å²) in [6, 6.07) is 11.9. The van der Waals surface area contributed by atoms with Gasteiger partial charge in [0, 0.05) is 18.0 Å². The van der Waals surface area contributed by atoms with E-state index in [0.717, 1.165) is 21.4 Å². The number of aromatic nitrogens is 3. The van der Waals surface area contributed by atoms with Crippen molar-refractivity contribution in [2.45, 2.75) is 0 Å². The zero-order valence-electron chi connectivity index (χ0n) is 8.34. The predicted molar refractivity (Wildman–Crippen MR) is 66.1 cm³/mol. The molecular weight excluding hydrogens is 266 g/mol. The fraction of sp³-hybridized carbons (Fsp3) is 0. The maximum atomic E-state index is 4.31. The van der Waals surface area contributed by atoms with Crippen LogP contribution < -0.4 is 0 Å². The molecule has 3 aromatic heterocycles. The fourth-order valence-corrected chi connectivity index (χ4v) is 2.05. The minimum atomic E-state index is 0.839. The second-order valence-electron chi connectivity index (χ2n) is 3.47. The Morgan fingerprint density at radius 2 is 2.06 bits per heavy atom. The molecule has 0 aliphatic heterocycles. The highest BCUT2D eigenvalue weighted by atomic mass is 79.9. The van der Waals surface area contributed by atoms with Crippen LogP contribution in [0.2, 0.25) is 0 Å². The zero-order valence-corrected chi connectivity index (χ0v) is 9.92. The molecule has 4 heteroatoms. The molecule has 0 unspecified atom stereocenters. The molecule has 0 spiro atoms. The lowest BCUT2D eigenvalue weighted by Crippen LogP contribution is -1.89. The molecule has 0 saturated carbocycles.